The van der Waals surface area contributed by atoms with Gasteiger partial charge < -0.3 is 9.88 Å². The van der Waals surface area contributed by atoms with Crippen LogP contribution >= 0.6 is 15.9 Å². The second-order valence-electron chi connectivity index (χ2n) is 5.74. The van der Waals surface area contributed by atoms with Crippen LogP contribution in [0.25, 0.3) is 5.69 Å². The average Bonchev–Trinajstić information content (AvgIpc) is 3.10. The molecule has 0 aliphatic rings. The lowest BCUT2D eigenvalue weighted by Crippen LogP contribution is -2.18. The van der Waals surface area contributed by atoms with E-state index in [1.54, 1.807) is 30.5 Å². The number of hydrogen-bond acceptors (Lipinski definition) is 3. The molecule has 0 spiro atoms. The van der Waals surface area contributed by atoms with Gasteiger partial charge >= 0.3 is 0 Å². The first-order valence-corrected chi connectivity index (χ1v) is 8.96. The molecule has 0 atom stereocenters. The number of nitrogens with zero attached hydrogens (tertiary/aromatic N) is 2. The van der Waals surface area contributed by atoms with Gasteiger partial charge in [0.2, 0.25) is 5.91 Å². The Balaban J connectivity index is 1.70. The van der Waals surface area contributed by atoms with Crippen molar-refractivity contribution in [2.75, 3.05) is 5.32 Å². The van der Waals surface area contributed by atoms with E-state index in [4.69, 9.17) is 0 Å². The fourth-order valence-corrected chi connectivity index (χ4v) is 2.76. The van der Waals surface area contributed by atoms with Gasteiger partial charge in [0, 0.05) is 34.5 Å². The zero-order valence-electron chi connectivity index (χ0n) is 14.5. The second-order valence-corrected chi connectivity index (χ2v) is 6.66. The third kappa shape index (κ3) is 4.92. The van der Waals surface area contributed by atoms with E-state index in [0.717, 1.165) is 15.9 Å². The molecular formula is C20H17BrN4O2. The van der Waals surface area contributed by atoms with E-state index < -0.39 is 0 Å². The monoisotopic (exact) mass is 424 g/mol. The van der Waals surface area contributed by atoms with Gasteiger partial charge in [-0.15, -0.1) is 0 Å². The summed E-state index contributed by atoms with van der Waals surface area (Å²) in [5.41, 5.74) is 5.27. The fraction of sp³-hybridized carbons (Fsp3) is 0.0500. The number of carbonyl (C=O) groups is 2. The van der Waals surface area contributed by atoms with Crippen molar-refractivity contribution < 1.29 is 9.59 Å². The molecule has 2 aromatic carbocycles. The van der Waals surface area contributed by atoms with Gasteiger partial charge in [-0.3, -0.25) is 9.59 Å². The Morgan fingerprint density at radius 1 is 1.07 bits per heavy atom. The molecule has 0 fully saturated rings. The smallest absolute Gasteiger partial charge is 0.271 e. The van der Waals surface area contributed by atoms with Crippen molar-refractivity contribution in [3.8, 4) is 5.69 Å². The summed E-state index contributed by atoms with van der Waals surface area (Å²) >= 11 is 3.42. The van der Waals surface area contributed by atoms with Crippen molar-refractivity contribution in [1.82, 2.24) is 9.99 Å². The van der Waals surface area contributed by atoms with Crippen LogP contribution in [-0.4, -0.2) is 22.6 Å². The van der Waals surface area contributed by atoms with E-state index in [-0.39, 0.29) is 11.8 Å². The van der Waals surface area contributed by atoms with E-state index in [1.807, 2.05) is 47.2 Å². The Morgan fingerprint density at radius 3 is 2.59 bits per heavy atom. The summed E-state index contributed by atoms with van der Waals surface area (Å²) in [6.07, 6.45) is 3.50. The molecule has 0 unspecified atom stereocenters. The lowest BCUT2D eigenvalue weighted by Gasteiger charge is -2.07. The zero-order valence-corrected chi connectivity index (χ0v) is 16.1. The molecule has 0 saturated heterocycles. The van der Waals surface area contributed by atoms with E-state index in [1.165, 1.54) is 6.92 Å². The molecule has 2 amide bonds. The average molecular weight is 425 g/mol. The molecule has 0 aliphatic heterocycles. The summed E-state index contributed by atoms with van der Waals surface area (Å²) < 4.78 is 2.96. The number of hydrazone groups is 1. The molecule has 1 aromatic heterocycles. The molecule has 0 radical (unpaired) electrons. The molecule has 6 nitrogen and oxygen atoms in total. The van der Waals surface area contributed by atoms with Crippen LogP contribution in [0.1, 0.15) is 23.0 Å². The number of hydrogen-bond donors (Lipinski definition) is 2. The quantitative estimate of drug-likeness (QED) is 0.480. The highest BCUT2D eigenvalue weighted by Gasteiger charge is 2.06. The van der Waals surface area contributed by atoms with E-state index >= 15 is 0 Å². The minimum absolute atomic E-state index is 0.195. The standard InChI is InChI=1S/C20H17BrN4O2/c1-14(26)23-17-5-2-4-15(12-17)20(27)24-22-13-19-6-3-11-25(19)18-9-7-16(21)8-10-18/h2-13H,1H3,(H,23,26)(H,24,27). The molecular weight excluding hydrogens is 408 g/mol. The molecule has 0 saturated carbocycles. The van der Waals surface area contributed by atoms with Gasteiger partial charge in [-0.05, 0) is 54.6 Å². The van der Waals surface area contributed by atoms with Gasteiger partial charge in [-0.25, -0.2) is 5.43 Å². The number of anilines is 1. The Hall–Kier alpha value is -3.19. The van der Waals surface area contributed by atoms with Crippen LogP contribution in [0.2, 0.25) is 0 Å². The van der Waals surface area contributed by atoms with Crippen molar-refractivity contribution in [1.29, 1.82) is 0 Å². The maximum atomic E-state index is 12.3. The van der Waals surface area contributed by atoms with Crippen molar-refractivity contribution in [2.45, 2.75) is 6.92 Å². The normalized spacial score (nSPS) is 10.7. The highest BCUT2D eigenvalue weighted by atomic mass is 79.9. The summed E-state index contributed by atoms with van der Waals surface area (Å²) in [4.78, 5) is 23.4. The largest absolute Gasteiger partial charge is 0.326 e. The van der Waals surface area contributed by atoms with Crippen molar-refractivity contribution in [3.05, 3.63) is 82.6 Å². The van der Waals surface area contributed by atoms with E-state index in [0.29, 0.717) is 11.3 Å². The first-order chi connectivity index (χ1) is 13.0. The third-order valence-electron chi connectivity index (χ3n) is 3.69. The number of benzene rings is 2. The van der Waals surface area contributed by atoms with Gasteiger partial charge in [0.25, 0.3) is 5.91 Å². The topological polar surface area (TPSA) is 75.5 Å². The molecule has 136 valence electrons. The first-order valence-electron chi connectivity index (χ1n) is 8.17. The SMILES string of the molecule is CC(=O)Nc1cccc(C(=O)NN=Cc2cccn2-c2ccc(Br)cc2)c1. The van der Waals surface area contributed by atoms with Crippen LogP contribution < -0.4 is 10.7 Å². The molecule has 27 heavy (non-hydrogen) atoms. The molecule has 2 N–H and O–H groups in total. The minimum Gasteiger partial charge on any atom is -0.326 e. The Kier molecular flexibility index (Phi) is 5.83. The lowest BCUT2D eigenvalue weighted by molar-refractivity contribution is -0.114. The van der Waals surface area contributed by atoms with E-state index in [9.17, 15) is 9.59 Å². The highest BCUT2D eigenvalue weighted by Crippen LogP contribution is 2.16. The molecule has 1 heterocycles. The summed E-state index contributed by atoms with van der Waals surface area (Å²) in [5.74, 6) is -0.556. The molecule has 0 aliphatic carbocycles. The number of halogens is 1. The number of carbonyl (C=O) groups excluding carboxylic acids is 2. The summed E-state index contributed by atoms with van der Waals surface area (Å²) in [6, 6.07) is 18.3. The van der Waals surface area contributed by atoms with E-state index in [2.05, 4.69) is 31.8 Å². The zero-order chi connectivity index (χ0) is 19.2. The number of aromatic nitrogens is 1. The van der Waals surface area contributed by atoms with Crippen molar-refractivity contribution in [3.63, 3.8) is 0 Å². The third-order valence-corrected chi connectivity index (χ3v) is 4.22. The predicted octanol–water partition coefficient (Wildman–Crippen LogP) is 3.96. The second kappa shape index (κ2) is 8.46. The van der Waals surface area contributed by atoms with Crippen LogP contribution in [0.3, 0.4) is 0 Å². The van der Waals surface area contributed by atoms with Gasteiger partial charge in [0.05, 0.1) is 11.9 Å². The minimum atomic E-state index is -0.361. The maximum absolute atomic E-state index is 12.3. The first kappa shape index (κ1) is 18.6. The predicted molar refractivity (Wildman–Crippen MR) is 109 cm³/mol. The summed E-state index contributed by atoms with van der Waals surface area (Å²) in [5, 5.41) is 6.69. The van der Waals surface area contributed by atoms with Crippen LogP contribution in [0, 0.1) is 0 Å². The lowest BCUT2D eigenvalue weighted by atomic mass is 10.2. The maximum Gasteiger partial charge on any atom is 0.271 e. The number of amides is 2. The Bertz CT molecular complexity index is 993. The number of rotatable bonds is 5. The molecule has 3 aromatic rings. The summed E-state index contributed by atoms with van der Waals surface area (Å²) in [6.45, 7) is 1.41. The molecule has 3 rings (SSSR count). The van der Waals surface area contributed by atoms with Crippen molar-refractivity contribution >= 4 is 39.6 Å². The van der Waals surface area contributed by atoms with Crippen LogP contribution in [-0.2, 0) is 4.79 Å². The molecule has 7 heteroatoms. The van der Waals surface area contributed by atoms with Gasteiger partial charge in [0.1, 0.15) is 0 Å². The number of nitrogens with one attached hydrogen (secondary N) is 2. The summed E-state index contributed by atoms with van der Waals surface area (Å²) in [7, 11) is 0. The van der Waals surface area contributed by atoms with Gasteiger partial charge in [-0.2, -0.15) is 5.10 Å². The van der Waals surface area contributed by atoms with Crippen molar-refractivity contribution in [2.24, 2.45) is 5.10 Å². The highest BCUT2D eigenvalue weighted by molar-refractivity contribution is 9.10. The Morgan fingerprint density at radius 2 is 1.85 bits per heavy atom. The van der Waals surface area contributed by atoms with Gasteiger partial charge in [-0.1, -0.05) is 22.0 Å². The van der Waals surface area contributed by atoms with Crippen LogP contribution in [0.15, 0.2) is 76.4 Å². The van der Waals surface area contributed by atoms with Crippen LogP contribution in [0.5, 0.6) is 0 Å². The van der Waals surface area contributed by atoms with Crippen LogP contribution in [0.4, 0.5) is 5.69 Å². The van der Waals surface area contributed by atoms with Gasteiger partial charge in [0.15, 0.2) is 0 Å². The Labute approximate surface area is 165 Å². The molecule has 0 bridgehead atoms. The fourth-order valence-electron chi connectivity index (χ4n) is 2.50.